The first kappa shape index (κ1) is 23.0. The summed E-state index contributed by atoms with van der Waals surface area (Å²) < 4.78 is 0. The minimum absolute atomic E-state index is 0.169. The molecule has 0 spiro atoms. The summed E-state index contributed by atoms with van der Waals surface area (Å²) in [4.78, 5) is 26.5. The van der Waals surface area contributed by atoms with Gasteiger partial charge in [-0.15, -0.1) is 0 Å². The Morgan fingerprint density at radius 2 is 1.80 bits per heavy atom. The Balaban J connectivity index is 1.07. The van der Waals surface area contributed by atoms with E-state index in [0.29, 0.717) is 13.1 Å². The molecule has 4 bridgehead atoms. The minimum Gasteiger partial charge on any atom is -0.369 e. The van der Waals surface area contributed by atoms with Gasteiger partial charge < -0.3 is 10.2 Å². The molecule has 1 aromatic carbocycles. The summed E-state index contributed by atoms with van der Waals surface area (Å²) in [6.45, 7) is 4.93. The lowest BCUT2D eigenvalue weighted by Gasteiger charge is -2.54. The number of nitrogens with zero attached hydrogens (tertiary/aromatic N) is 4. The first-order valence-electron chi connectivity index (χ1n) is 13.6. The number of aromatic nitrogens is 2. The average Bonchev–Trinajstić information content (AvgIpc) is 2.87. The summed E-state index contributed by atoms with van der Waals surface area (Å²) in [5.74, 6) is 5.84. The zero-order chi connectivity index (χ0) is 23.9. The summed E-state index contributed by atoms with van der Waals surface area (Å²) in [6, 6.07) is 10.6. The molecule has 1 atom stereocenters. The highest BCUT2D eigenvalue weighted by Gasteiger charge is 2.47. The standard InChI is InChI=1S/C29H39N5O/c1-19(22-6-4-3-5-7-22)33(2)17-28(35)34-9-8-25-27(16-34)31-18-32-29(25)30-15-26-23-11-20-10-21(13-23)14-24(26)12-20/h3-7,18-21,23-24,26H,8-17H2,1-2H3,(H,30,31,32)/t19-,20?,21?,23?,24?,26?/m0/s1. The molecule has 4 aliphatic carbocycles. The zero-order valence-corrected chi connectivity index (χ0v) is 21.2. The van der Waals surface area contributed by atoms with E-state index in [0.717, 1.165) is 60.6 Å². The van der Waals surface area contributed by atoms with E-state index in [1.165, 1.54) is 43.2 Å². The SMILES string of the molecule is C[C@@H](c1ccccc1)N(C)CC(=O)N1CCc2c(ncnc2NCC2C3CC4CC(C3)CC2C4)C1. The van der Waals surface area contributed by atoms with E-state index < -0.39 is 0 Å². The Labute approximate surface area is 209 Å². The maximum atomic E-state index is 13.1. The van der Waals surface area contributed by atoms with Crippen LogP contribution < -0.4 is 5.32 Å². The van der Waals surface area contributed by atoms with Crippen molar-refractivity contribution in [1.82, 2.24) is 19.8 Å². The quantitative estimate of drug-likeness (QED) is 0.640. The van der Waals surface area contributed by atoms with Crippen molar-refractivity contribution >= 4 is 11.7 Å². The molecule has 6 nitrogen and oxygen atoms in total. The summed E-state index contributed by atoms with van der Waals surface area (Å²) in [5, 5.41) is 3.75. The topological polar surface area (TPSA) is 61.4 Å². The smallest absolute Gasteiger partial charge is 0.237 e. The number of likely N-dealkylation sites (N-methyl/N-ethyl adjacent to an activating group) is 1. The van der Waals surface area contributed by atoms with Gasteiger partial charge in [0, 0.05) is 24.7 Å². The van der Waals surface area contributed by atoms with Crippen molar-refractivity contribution < 1.29 is 4.79 Å². The highest BCUT2D eigenvalue weighted by molar-refractivity contribution is 5.78. The second-order valence-corrected chi connectivity index (χ2v) is 11.7. The van der Waals surface area contributed by atoms with E-state index in [2.05, 4.69) is 51.4 Å². The third kappa shape index (κ3) is 4.57. The number of carbonyl (C=O) groups excluding carboxylic acids is 1. The van der Waals surface area contributed by atoms with Crippen LogP contribution in [0.2, 0.25) is 0 Å². The lowest BCUT2D eigenvalue weighted by atomic mass is 9.52. The molecule has 4 saturated carbocycles. The number of fused-ring (bicyclic) bond motifs is 1. The monoisotopic (exact) mass is 473 g/mol. The van der Waals surface area contributed by atoms with Crippen molar-refractivity contribution in [3.63, 3.8) is 0 Å². The summed E-state index contributed by atoms with van der Waals surface area (Å²) >= 11 is 0. The fraction of sp³-hybridized carbons (Fsp3) is 0.621. The van der Waals surface area contributed by atoms with Crippen molar-refractivity contribution in [2.45, 2.75) is 58.0 Å². The van der Waals surface area contributed by atoms with Crippen molar-refractivity contribution in [2.24, 2.45) is 29.6 Å². The van der Waals surface area contributed by atoms with Crippen LogP contribution in [0.3, 0.4) is 0 Å². The largest absolute Gasteiger partial charge is 0.369 e. The van der Waals surface area contributed by atoms with Crippen LogP contribution in [0.5, 0.6) is 0 Å². The van der Waals surface area contributed by atoms with Gasteiger partial charge in [-0.2, -0.15) is 0 Å². The molecule has 6 heteroatoms. The van der Waals surface area contributed by atoms with Gasteiger partial charge >= 0.3 is 0 Å². The predicted molar refractivity (Wildman–Crippen MR) is 138 cm³/mol. The van der Waals surface area contributed by atoms with Gasteiger partial charge in [-0.1, -0.05) is 30.3 Å². The van der Waals surface area contributed by atoms with E-state index in [1.54, 1.807) is 6.33 Å². The van der Waals surface area contributed by atoms with Crippen LogP contribution in [0.4, 0.5) is 5.82 Å². The van der Waals surface area contributed by atoms with E-state index in [-0.39, 0.29) is 11.9 Å². The van der Waals surface area contributed by atoms with E-state index in [4.69, 9.17) is 0 Å². The summed E-state index contributed by atoms with van der Waals surface area (Å²) in [7, 11) is 2.03. The van der Waals surface area contributed by atoms with Gasteiger partial charge in [-0.25, -0.2) is 9.97 Å². The van der Waals surface area contributed by atoms with E-state index in [1.807, 2.05) is 18.0 Å². The Kier molecular flexibility index (Phi) is 6.25. The molecule has 7 rings (SSSR count). The van der Waals surface area contributed by atoms with Crippen LogP contribution in [-0.2, 0) is 17.8 Å². The number of amides is 1. The predicted octanol–water partition coefficient (Wildman–Crippen LogP) is 4.54. The lowest BCUT2D eigenvalue weighted by molar-refractivity contribution is -0.133. The Morgan fingerprint density at radius 3 is 2.51 bits per heavy atom. The van der Waals surface area contributed by atoms with Gasteiger partial charge in [0.25, 0.3) is 0 Å². The summed E-state index contributed by atoms with van der Waals surface area (Å²) in [6.07, 6.45) is 9.82. The third-order valence-corrected chi connectivity index (χ3v) is 9.61. The number of carbonyl (C=O) groups is 1. The number of hydrogen-bond donors (Lipinski definition) is 1. The molecule has 186 valence electrons. The second-order valence-electron chi connectivity index (χ2n) is 11.7. The fourth-order valence-electron chi connectivity index (χ4n) is 7.74. The molecule has 1 N–H and O–H groups in total. The van der Waals surface area contributed by atoms with Crippen LogP contribution in [0, 0.1) is 29.6 Å². The molecule has 0 saturated heterocycles. The molecule has 1 aliphatic heterocycles. The van der Waals surface area contributed by atoms with Gasteiger partial charge in [0.05, 0.1) is 18.8 Å². The van der Waals surface area contributed by atoms with Crippen LogP contribution in [0.25, 0.3) is 0 Å². The lowest BCUT2D eigenvalue weighted by Crippen LogP contribution is -2.47. The number of rotatable bonds is 7. The minimum atomic E-state index is 0.169. The second kappa shape index (κ2) is 9.53. The normalized spacial score (nSPS) is 29.8. The maximum absolute atomic E-state index is 13.1. The van der Waals surface area contributed by atoms with Crippen molar-refractivity contribution in [1.29, 1.82) is 0 Å². The zero-order valence-electron chi connectivity index (χ0n) is 21.2. The van der Waals surface area contributed by atoms with Crippen LogP contribution in [0.1, 0.15) is 61.9 Å². The molecule has 4 fully saturated rings. The van der Waals surface area contributed by atoms with Gasteiger partial charge in [0.2, 0.25) is 5.91 Å². The Hall–Kier alpha value is -2.47. The molecule has 2 heterocycles. The molecule has 35 heavy (non-hydrogen) atoms. The first-order chi connectivity index (χ1) is 17.0. The number of anilines is 1. The van der Waals surface area contributed by atoms with Gasteiger partial charge in [0.15, 0.2) is 0 Å². The molecule has 0 radical (unpaired) electrons. The van der Waals surface area contributed by atoms with Crippen LogP contribution in [-0.4, -0.2) is 52.4 Å². The molecule has 0 unspecified atom stereocenters. The van der Waals surface area contributed by atoms with Gasteiger partial charge in [0.1, 0.15) is 12.1 Å². The molecule has 2 aromatic rings. The van der Waals surface area contributed by atoms with Crippen molar-refractivity contribution in [2.75, 3.05) is 32.0 Å². The summed E-state index contributed by atoms with van der Waals surface area (Å²) in [5.41, 5.74) is 3.45. The van der Waals surface area contributed by atoms with Crippen molar-refractivity contribution in [3.05, 3.63) is 53.5 Å². The average molecular weight is 474 g/mol. The van der Waals surface area contributed by atoms with Crippen LogP contribution >= 0.6 is 0 Å². The number of benzene rings is 1. The highest BCUT2D eigenvalue weighted by Crippen LogP contribution is 2.56. The van der Waals surface area contributed by atoms with Gasteiger partial charge in [-0.3, -0.25) is 9.69 Å². The molecule has 1 aromatic heterocycles. The molecule has 1 amide bonds. The van der Waals surface area contributed by atoms with Crippen molar-refractivity contribution in [3.8, 4) is 0 Å². The highest BCUT2D eigenvalue weighted by atomic mass is 16.2. The van der Waals surface area contributed by atoms with Crippen LogP contribution in [0.15, 0.2) is 36.7 Å². The number of nitrogens with one attached hydrogen (secondary N) is 1. The van der Waals surface area contributed by atoms with Gasteiger partial charge in [-0.05, 0) is 87.6 Å². The maximum Gasteiger partial charge on any atom is 0.237 e. The van der Waals surface area contributed by atoms with E-state index in [9.17, 15) is 4.79 Å². The first-order valence-corrected chi connectivity index (χ1v) is 13.6. The fourth-order valence-corrected chi connectivity index (χ4v) is 7.74. The molecule has 5 aliphatic rings. The Bertz CT molecular complexity index is 1030. The molecular formula is C29H39N5O. The van der Waals surface area contributed by atoms with E-state index >= 15 is 0 Å². The number of hydrogen-bond acceptors (Lipinski definition) is 5. The Morgan fingerprint density at radius 1 is 1.09 bits per heavy atom. The third-order valence-electron chi connectivity index (χ3n) is 9.61. The molecular weight excluding hydrogens is 434 g/mol.